The number of rotatable bonds is 5. The Morgan fingerprint density at radius 1 is 1.48 bits per heavy atom. The number of carbonyl (C=O) groups excluding carboxylic acids is 1. The SMILES string of the molecule is CNCC1CCN(S(=O)(=O)c2cc(F)ccc2C(=O)OC)C1.Cl. The summed E-state index contributed by atoms with van der Waals surface area (Å²) in [5, 5.41) is 3.01. The molecule has 1 N–H and O–H groups in total. The Morgan fingerprint density at radius 3 is 2.78 bits per heavy atom. The smallest absolute Gasteiger partial charge is 0.339 e. The molecule has 1 aliphatic rings. The fourth-order valence-corrected chi connectivity index (χ4v) is 4.32. The van der Waals surface area contributed by atoms with Gasteiger partial charge in [0.2, 0.25) is 10.0 Å². The van der Waals surface area contributed by atoms with Crippen molar-refractivity contribution in [3.05, 3.63) is 29.6 Å². The normalized spacial score (nSPS) is 18.5. The maximum Gasteiger partial charge on any atom is 0.339 e. The summed E-state index contributed by atoms with van der Waals surface area (Å²) >= 11 is 0. The van der Waals surface area contributed by atoms with Gasteiger partial charge in [-0.05, 0) is 44.1 Å². The van der Waals surface area contributed by atoms with Crippen LogP contribution in [-0.2, 0) is 14.8 Å². The molecule has 1 saturated heterocycles. The van der Waals surface area contributed by atoms with Crippen LogP contribution in [0.15, 0.2) is 23.1 Å². The lowest BCUT2D eigenvalue weighted by atomic mass is 10.1. The Morgan fingerprint density at radius 2 is 2.17 bits per heavy atom. The molecule has 2 rings (SSSR count). The lowest BCUT2D eigenvalue weighted by Gasteiger charge is -2.18. The van der Waals surface area contributed by atoms with Crippen molar-refractivity contribution in [3.8, 4) is 0 Å². The van der Waals surface area contributed by atoms with E-state index >= 15 is 0 Å². The first kappa shape index (κ1) is 19.8. The number of nitrogens with one attached hydrogen (secondary N) is 1. The van der Waals surface area contributed by atoms with Crippen LogP contribution in [0.25, 0.3) is 0 Å². The fraction of sp³-hybridized carbons (Fsp3) is 0.500. The third-order valence-electron chi connectivity index (χ3n) is 3.71. The Hall–Kier alpha value is -1.22. The molecular weight excluding hydrogens is 347 g/mol. The van der Waals surface area contributed by atoms with E-state index in [-0.39, 0.29) is 28.8 Å². The Kier molecular flexibility index (Phi) is 6.94. The number of ether oxygens (including phenoxy) is 1. The van der Waals surface area contributed by atoms with Crippen molar-refractivity contribution in [2.45, 2.75) is 11.3 Å². The van der Waals surface area contributed by atoms with Gasteiger partial charge in [-0.15, -0.1) is 12.4 Å². The molecule has 0 amide bonds. The molecule has 1 aromatic rings. The maximum absolute atomic E-state index is 13.5. The summed E-state index contributed by atoms with van der Waals surface area (Å²) in [4.78, 5) is 11.4. The molecule has 1 aromatic carbocycles. The minimum Gasteiger partial charge on any atom is -0.465 e. The van der Waals surface area contributed by atoms with E-state index in [1.807, 2.05) is 0 Å². The van der Waals surface area contributed by atoms with Gasteiger partial charge in [0, 0.05) is 13.1 Å². The molecule has 0 radical (unpaired) electrons. The average Bonchev–Trinajstić information content (AvgIpc) is 2.96. The molecule has 0 bridgehead atoms. The van der Waals surface area contributed by atoms with Crippen molar-refractivity contribution in [1.82, 2.24) is 9.62 Å². The van der Waals surface area contributed by atoms with Crippen LogP contribution in [-0.4, -0.2) is 52.5 Å². The molecule has 6 nitrogen and oxygen atoms in total. The van der Waals surface area contributed by atoms with E-state index < -0.39 is 21.8 Å². The summed E-state index contributed by atoms with van der Waals surface area (Å²) in [6.45, 7) is 1.41. The van der Waals surface area contributed by atoms with Gasteiger partial charge in [0.05, 0.1) is 17.6 Å². The van der Waals surface area contributed by atoms with Crippen LogP contribution in [0.5, 0.6) is 0 Å². The van der Waals surface area contributed by atoms with Crippen LogP contribution in [0.2, 0.25) is 0 Å². The third kappa shape index (κ3) is 4.20. The predicted octanol–water partition coefficient (Wildman–Crippen LogP) is 1.26. The average molecular weight is 367 g/mol. The summed E-state index contributed by atoms with van der Waals surface area (Å²) in [6, 6.07) is 3.04. The predicted molar refractivity (Wildman–Crippen MR) is 85.8 cm³/mol. The number of nitrogens with zero attached hydrogens (tertiary/aromatic N) is 1. The topological polar surface area (TPSA) is 75.7 Å². The maximum atomic E-state index is 13.5. The first-order valence-corrected chi connectivity index (χ1v) is 8.36. The molecule has 1 aliphatic heterocycles. The Bertz CT molecular complexity index is 669. The van der Waals surface area contributed by atoms with Gasteiger partial charge in [-0.1, -0.05) is 0 Å². The molecule has 1 unspecified atom stereocenters. The number of sulfonamides is 1. The highest BCUT2D eigenvalue weighted by Gasteiger charge is 2.35. The van der Waals surface area contributed by atoms with E-state index in [1.54, 1.807) is 7.05 Å². The standard InChI is InChI=1S/C14H19FN2O4S.ClH/c1-16-8-10-5-6-17(9-10)22(19,20)13-7-11(15)3-4-12(13)14(18)21-2;/h3-4,7,10,16H,5-6,8-9H2,1-2H3;1H. The zero-order valence-electron chi connectivity index (χ0n) is 12.9. The molecule has 0 aliphatic carbocycles. The zero-order chi connectivity index (χ0) is 16.3. The van der Waals surface area contributed by atoms with E-state index in [0.717, 1.165) is 31.7 Å². The van der Waals surface area contributed by atoms with Crippen molar-refractivity contribution in [3.63, 3.8) is 0 Å². The molecule has 23 heavy (non-hydrogen) atoms. The number of hydrogen-bond donors (Lipinski definition) is 1. The first-order chi connectivity index (χ1) is 10.4. The molecule has 1 atom stereocenters. The summed E-state index contributed by atoms with van der Waals surface area (Å²) in [7, 11) is -0.975. The molecule has 1 heterocycles. The van der Waals surface area contributed by atoms with Crippen LogP contribution in [0, 0.1) is 11.7 Å². The second-order valence-corrected chi connectivity index (χ2v) is 7.11. The summed E-state index contributed by atoms with van der Waals surface area (Å²) in [5.74, 6) is -1.31. The summed E-state index contributed by atoms with van der Waals surface area (Å²) in [5.41, 5.74) is -0.152. The molecule has 130 valence electrons. The van der Waals surface area contributed by atoms with Crippen LogP contribution < -0.4 is 5.32 Å². The van der Waals surface area contributed by atoms with Gasteiger partial charge < -0.3 is 10.1 Å². The minimum absolute atomic E-state index is 0. The highest BCUT2D eigenvalue weighted by Crippen LogP contribution is 2.27. The van der Waals surface area contributed by atoms with E-state index in [9.17, 15) is 17.6 Å². The first-order valence-electron chi connectivity index (χ1n) is 6.92. The number of methoxy groups -OCH3 is 1. The number of benzene rings is 1. The quantitative estimate of drug-likeness (QED) is 0.794. The molecule has 0 saturated carbocycles. The minimum atomic E-state index is -3.93. The Labute approximate surface area is 141 Å². The lowest BCUT2D eigenvalue weighted by Crippen LogP contribution is -2.31. The van der Waals surface area contributed by atoms with Crippen molar-refractivity contribution >= 4 is 28.4 Å². The van der Waals surface area contributed by atoms with Gasteiger partial charge in [0.25, 0.3) is 0 Å². The van der Waals surface area contributed by atoms with E-state index in [1.165, 1.54) is 4.31 Å². The van der Waals surface area contributed by atoms with Crippen molar-refractivity contribution < 1.29 is 22.3 Å². The highest BCUT2D eigenvalue weighted by atomic mass is 35.5. The van der Waals surface area contributed by atoms with E-state index in [4.69, 9.17) is 0 Å². The highest BCUT2D eigenvalue weighted by molar-refractivity contribution is 7.89. The second kappa shape index (κ2) is 8.05. The fourth-order valence-electron chi connectivity index (χ4n) is 2.60. The van der Waals surface area contributed by atoms with E-state index in [0.29, 0.717) is 19.6 Å². The molecule has 1 fully saturated rings. The molecule has 0 spiro atoms. The monoisotopic (exact) mass is 366 g/mol. The van der Waals surface area contributed by atoms with Gasteiger partial charge in [0.1, 0.15) is 5.82 Å². The van der Waals surface area contributed by atoms with Gasteiger partial charge in [0.15, 0.2) is 0 Å². The number of halogens is 2. The van der Waals surface area contributed by atoms with Gasteiger partial charge in [-0.2, -0.15) is 4.31 Å². The van der Waals surface area contributed by atoms with Crippen LogP contribution in [0.4, 0.5) is 4.39 Å². The van der Waals surface area contributed by atoms with Crippen LogP contribution in [0.3, 0.4) is 0 Å². The third-order valence-corrected chi connectivity index (χ3v) is 5.61. The van der Waals surface area contributed by atoms with E-state index in [2.05, 4.69) is 10.1 Å². The van der Waals surface area contributed by atoms with Gasteiger partial charge in [-0.25, -0.2) is 17.6 Å². The largest absolute Gasteiger partial charge is 0.465 e. The molecular formula is C14H20ClFN2O4S. The molecule has 9 heteroatoms. The summed E-state index contributed by atoms with van der Waals surface area (Å²) < 4.78 is 44.8. The second-order valence-electron chi connectivity index (χ2n) is 5.21. The number of hydrogen-bond acceptors (Lipinski definition) is 5. The van der Waals surface area contributed by atoms with Crippen molar-refractivity contribution in [2.75, 3.05) is 33.8 Å². The lowest BCUT2D eigenvalue weighted by molar-refractivity contribution is 0.0596. The number of carbonyl (C=O) groups is 1. The summed E-state index contributed by atoms with van der Waals surface area (Å²) in [6.07, 6.45) is 0.725. The van der Waals surface area contributed by atoms with Gasteiger partial charge >= 0.3 is 5.97 Å². The zero-order valence-corrected chi connectivity index (χ0v) is 14.5. The number of esters is 1. The Balaban J connectivity index is 0.00000264. The van der Waals surface area contributed by atoms with Crippen LogP contribution in [0.1, 0.15) is 16.8 Å². The van der Waals surface area contributed by atoms with Crippen molar-refractivity contribution in [1.29, 1.82) is 0 Å². The molecule has 0 aromatic heterocycles. The van der Waals surface area contributed by atoms with Crippen LogP contribution >= 0.6 is 12.4 Å². The van der Waals surface area contributed by atoms with Crippen molar-refractivity contribution in [2.24, 2.45) is 5.92 Å². The van der Waals surface area contributed by atoms with Gasteiger partial charge in [-0.3, -0.25) is 0 Å².